The van der Waals surface area contributed by atoms with Crippen molar-refractivity contribution in [1.82, 2.24) is 0 Å². The number of ether oxygens (including phenoxy) is 4. The first kappa shape index (κ1) is 35.8. The van der Waals surface area contributed by atoms with Gasteiger partial charge >= 0.3 is 0 Å². The number of fused-ring (bicyclic) bond motifs is 1. The van der Waals surface area contributed by atoms with Gasteiger partial charge in [-0.05, 0) is 68.1 Å². The van der Waals surface area contributed by atoms with Crippen molar-refractivity contribution in [2.24, 2.45) is 22.7 Å². The van der Waals surface area contributed by atoms with E-state index in [4.69, 9.17) is 18.9 Å². The lowest BCUT2D eigenvalue weighted by molar-refractivity contribution is -0.309. The molecular formula is C32H54O12. The molecule has 2 heterocycles. The number of hydrogen-bond acceptors (Lipinski definition) is 12. The summed E-state index contributed by atoms with van der Waals surface area (Å²) >= 11 is 0. The van der Waals surface area contributed by atoms with Crippen molar-refractivity contribution in [2.75, 3.05) is 26.4 Å². The molecule has 12 nitrogen and oxygen atoms in total. The van der Waals surface area contributed by atoms with Crippen molar-refractivity contribution in [3.8, 4) is 0 Å². The highest BCUT2D eigenvalue weighted by Crippen LogP contribution is 2.62. The molecule has 2 saturated carbocycles. The van der Waals surface area contributed by atoms with Gasteiger partial charge < -0.3 is 59.8 Å². The Kier molecular flexibility index (Phi) is 12.1. The number of allylic oxidation sites excluding steroid dienone is 2. The fraction of sp³-hybridized carbons (Fsp3) is 0.875. The third-order valence-electron chi connectivity index (χ3n) is 10.9. The molecular weight excluding hydrogens is 576 g/mol. The molecule has 11 unspecified atom stereocenters. The highest BCUT2D eigenvalue weighted by molar-refractivity contribution is 5.17. The van der Waals surface area contributed by atoms with Crippen LogP contribution in [0.5, 0.6) is 0 Å². The first-order valence-electron chi connectivity index (χ1n) is 15.9. The second kappa shape index (κ2) is 14.8. The summed E-state index contributed by atoms with van der Waals surface area (Å²) in [4.78, 5) is 0. The van der Waals surface area contributed by atoms with Crippen LogP contribution in [0.25, 0.3) is 0 Å². The molecule has 4 aliphatic rings. The van der Waals surface area contributed by atoms with E-state index in [9.17, 15) is 40.9 Å². The zero-order valence-corrected chi connectivity index (χ0v) is 26.2. The minimum Gasteiger partial charge on any atom is -0.394 e. The Hall–Kier alpha value is -1.00. The van der Waals surface area contributed by atoms with Gasteiger partial charge in [0.25, 0.3) is 0 Å². The lowest BCUT2D eigenvalue weighted by Gasteiger charge is -2.59. The molecule has 8 N–H and O–H groups in total. The summed E-state index contributed by atoms with van der Waals surface area (Å²) in [6.45, 7) is 10.5. The van der Waals surface area contributed by atoms with Gasteiger partial charge in [-0.25, -0.2) is 0 Å². The van der Waals surface area contributed by atoms with Crippen molar-refractivity contribution in [3.05, 3.63) is 23.8 Å². The van der Waals surface area contributed by atoms with E-state index in [1.165, 1.54) is 5.57 Å². The summed E-state index contributed by atoms with van der Waals surface area (Å²) < 4.78 is 22.8. The molecule has 0 aromatic heterocycles. The van der Waals surface area contributed by atoms with E-state index < -0.39 is 74.6 Å². The minimum atomic E-state index is -1.48. The third kappa shape index (κ3) is 7.27. The predicted molar refractivity (Wildman–Crippen MR) is 158 cm³/mol. The molecule has 2 saturated heterocycles. The van der Waals surface area contributed by atoms with Crippen LogP contribution in [0.1, 0.15) is 65.7 Å². The normalized spacial score (nSPS) is 47.0. The van der Waals surface area contributed by atoms with E-state index in [2.05, 4.69) is 20.4 Å². The Bertz CT molecular complexity index is 988. The highest BCUT2D eigenvalue weighted by Gasteiger charge is 2.55. The van der Waals surface area contributed by atoms with Crippen LogP contribution in [-0.4, -0.2) is 129 Å². The second-order valence-corrected chi connectivity index (χ2v) is 13.9. The maximum Gasteiger partial charge on any atom is 0.187 e. The molecule has 12 heteroatoms. The average molecular weight is 631 g/mol. The van der Waals surface area contributed by atoms with Gasteiger partial charge in [0.2, 0.25) is 0 Å². The van der Waals surface area contributed by atoms with E-state index >= 15 is 0 Å². The maximum absolute atomic E-state index is 10.5. The summed E-state index contributed by atoms with van der Waals surface area (Å²) in [5.41, 5.74) is 2.11. The lowest BCUT2D eigenvalue weighted by atomic mass is 9.47. The van der Waals surface area contributed by atoms with Crippen LogP contribution in [0.4, 0.5) is 0 Å². The van der Waals surface area contributed by atoms with Gasteiger partial charge in [-0.3, -0.25) is 0 Å². The largest absolute Gasteiger partial charge is 0.394 e. The van der Waals surface area contributed by atoms with Crippen molar-refractivity contribution in [2.45, 2.75) is 127 Å². The molecule has 0 bridgehead atoms. The summed E-state index contributed by atoms with van der Waals surface area (Å²) in [6, 6.07) is 0. The van der Waals surface area contributed by atoms with Crippen LogP contribution >= 0.6 is 0 Å². The van der Waals surface area contributed by atoms with Crippen molar-refractivity contribution < 1.29 is 59.8 Å². The third-order valence-corrected chi connectivity index (χ3v) is 10.9. The van der Waals surface area contributed by atoms with Crippen LogP contribution in [0.2, 0.25) is 0 Å². The molecule has 2 aliphatic heterocycles. The first-order valence-corrected chi connectivity index (χ1v) is 15.9. The molecule has 254 valence electrons. The number of aliphatic hydroxyl groups is 8. The number of rotatable bonds is 11. The van der Waals surface area contributed by atoms with Gasteiger partial charge in [-0.2, -0.15) is 0 Å². The molecule has 0 spiro atoms. The van der Waals surface area contributed by atoms with E-state index in [0.29, 0.717) is 12.5 Å². The fourth-order valence-electron chi connectivity index (χ4n) is 8.23. The summed E-state index contributed by atoms with van der Waals surface area (Å²) in [7, 11) is 0. The second-order valence-electron chi connectivity index (χ2n) is 13.9. The van der Waals surface area contributed by atoms with Crippen LogP contribution in [0.15, 0.2) is 23.8 Å². The number of hydrogen-bond donors (Lipinski definition) is 8. The van der Waals surface area contributed by atoms with E-state index in [1.807, 2.05) is 13.0 Å². The van der Waals surface area contributed by atoms with Gasteiger partial charge in [0, 0.05) is 0 Å². The van der Waals surface area contributed by atoms with E-state index in [-0.39, 0.29) is 23.4 Å². The smallest absolute Gasteiger partial charge is 0.187 e. The van der Waals surface area contributed by atoms with E-state index in [1.54, 1.807) is 0 Å². The number of aliphatic hydroxyl groups excluding tert-OH is 8. The SMILES string of the molecule is C=C1CCC2[C@@](C)(COC3OC(CO)C(O)C(O)C3O)CCC[C@@]2(C)[C@@H]1CC/C(C)=C/COC1OC(CO)C(O)C(O)C1O. The molecule has 4 rings (SSSR count). The lowest BCUT2D eigenvalue weighted by Crippen LogP contribution is -2.60. The van der Waals surface area contributed by atoms with Crippen LogP contribution < -0.4 is 0 Å². The molecule has 14 atom stereocenters. The standard InChI is InChI=1S/C32H54O12/c1-17(10-13-41-29-27(39)25(37)23(35)20(14-33)43-29)6-8-19-18(2)7-9-22-31(3,11-5-12-32(19,22)4)16-42-30-28(40)26(38)24(36)21(15-34)44-30/h10,19-30,33-40H,2,5-9,11-16H2,1,3-4H3/b17-10+/t19-,20?,21?,22?,23?,24?,25?,26?,27?,28?,29?,30?,31-,32+/m1/s1. The monoisotopic (exact) mass is 630 g/mol. The molecule has 44 heavy (non-hydrogen) atoms. The molecule has 0 aromatic carbocycles. The molecule has 0 aromatic rings. The molecule has 0 radical (unpaired) electrons. The first-order chi connectivity index (χ1) is 20.8. The Morgan fingerprint density at radius 1 is 0.864 bits per heavy atom. The maximum atomic E-state index is 10.5. The summed E-state index contributed by atoms with van der Waals surface area (Å²) in [5.74, 6) is 0.603. The topological polar surface area (TPSA) is 199 Å². The summed E-state index contributed by atoms with van der Waals surface area (Å²) in [5, 5.41) is 79.9. The van der Waals surface area contributed by atoms with Crippen molar-refractivity contribution >= 4 is 0 Å². The van der Waals surface area contributed by atoms with Crippen molar-refractivity contribution in [1.29, 1.82) is 0 Å². The van der Waals surface area contributed by atoms with Gasteiger partial charge in [-0.15, -0.1) is 0 Å². The van der Waals surface area contributed by atoms with Gasteiger partial charge in [0.05, 0.1) is 26.4 Å². The zero-order valence-electron chi connectivity index (χ0n) is 26.2. The van der Waals surface area contributed by atoms with Gasteiger partial charge in [0.1, 0.15) is 48.8 Å². The molecule has 2 aliphatic carbocycles. The average Bonchev–Trinajstić information content (AvgIpc) is 2.99. The van der Waals surface area contributed by atoms with Crippen LogP contribution in [0.3, 0.4) is 0 Å². The van der Waals surface area contributed by atoms with Crippen molar-refractivity contribution in [3.63, 3.8) is 0 Å². The summed E-state index contributed by atoms with van der Waals surface area (Å²) in [6.07, 6.45) is -4.51. The Labute approximate surface area is 259 Å². The molecule has 0 amide bonds. The highest BCUT2D eigenvalue weighted by atomic mass is 16.7. The van der Waals surface area contributed by atoms with Gasteiger partial charge in [-0.1, -0.05) is 44.1 Å². The fourth-order valence-corrected chi connectivity index (χ4v) is 8.23. The minimum absolute atomic E-state index is 0.0197. The Morgan fingerprint density at radius 3 is 2.00 bits per heavy atom. The quantitative estimate of drug-likeness (QED) is 0.144. The van der Waals surface area contributed by atoms with Crippen LogP contribution in [-0.2, 0) is 18.9 Å². The van der Waals surface area contributed by atoms with Crippen LogP contribution in [0, 0.1) is 22.7 Å². The Balaban J connectivity index is 1.36. The van der Waals surface area contributed by atoms with Gasteiger partial charge in [0.15, 0.2) is 12.6 Å². The Morgan fingerprint density at radius 2 is 1.43 bits per heavy atom. The van der Waals surface area contributed by atoms with E-state index in [0.717, 1.165) is 50.5 Å². The zero-order chi connectivity index (χ0) is 32.4. The predicted octanol–water partition coefficient (Wildman–Crippen LogP) is 0.125. The molecule has 4 fully saturated rings.